The van der Waals surface area contributed by atoms with E-state index >= 15 is 0 Å². The lowest BCUT2D eigenvalue weighted by Gasteiger charge is -1.96. The van der Waals surface area contributed by atoms with E-state index in [1.54, 1.807) is 30.4 Å². The van der Waals surface area contributed by atoms with Gasteiger partial charge in [-0.05, 0) is 34.6 Å². The summed E-state index contributed by atoms with van der Waals surface area (Å²) in [7, 11) is 0. The second-order valence-electron chi connectivity index (χ2n) is 17.8. The van der Waals surface area contributed by atoms with Crippen molar-refractivity contribution in [3.05, 3.63) is 185 Å². The summed E-state index contributed by atoms with van der Waals surface area (Å²) >= 11 is 0. The molecule has 0 spiro atoms. The zero-order valence-corrected chi connectivity index (χ0v) is 56.8. The third-order valence-corrected chi connectivity index (χ3v) is 9.18. The van der Waals surface area contributed by atoms with Crippen molar-refractivity contribution >= 4 is 0 Å². The molecule has 0 amide bonds. The summed E-state index contributed by atoms with van der Waals surface area (Å²) in [5, 5.41) is 0. The van der Waals surface area contributed by atoms with Crippen molar-refractivity contribution in [1.82, 2.24) is 0 Å². The van der Waals surface area contributed by atoms with Crippen LogP contribution in [0.25, 0.3) is 0 Å². The smallest absolute Gasteiger partial charge is 0.0467 e. The molecule has 0 aliphatic rings. The summed E-state index contributed by atoms with van der Waals surface area (Å²) in [4.78, 5) is 0. The Morgan fingerprint density at radius 3 is 0.468 bits per heavy atom. The Labute approximate surface area is 493 Å². The van der Waals surface area contributed by atoms with Crippen LogP contribution in [-0.4, -0.2) is 0 Å². The molecule has 0 aromatic rings. The minimum Gasteiger partial charge on any atom is -0.103 e. The normalized spacial score (nSPS) is 9.91. The van der Waals surface area contributed by atoms with Crippen molar-refractivity contribution in [3.63, 3.8) is 0 Å². The molecule has 0 fully saturated rings. The second kappa shape index (κ2) is 151. The fraction of sp³-hybridized carbons (Fsp3) is 0.610. The van der Waals surface area contributed by atoms with E-state index in [0.29, 0.717) is 0 Å². The molecule has 0 rings (SSSR count). The molecule has 0 radical (unpaired) electrons. The maximum atomic E-state index is 3.56. The average molecular weight is 1070 g/mol. The molecule has 0 heteroatoms. The lowest BCUT2D eigenvalue weighted by Crippen LogP contribution is -1.76. The Hall–Kier alpha value is -3.90. The number of hydrogen-bond acceptors (Lipinski definition) is 0. The van der Waals surface area contributed by atoms with Crippen molar-refractivity contribution in [3.8, 4) is 0 Å². The van der Waals surface area contributed by atoms with Gasteiger partial charge in [-0.2, -0.15) is 0 Å². The third-order valence-electron chi connectivity index (χ3n) is 9.18. The maximum Gasteiger partial charge on any atom is -0.0467 e. The summed E-state index contributed by atoms with van der Waals surface area (Å²) in [5.74, 6) is 0. The van der Waals surface area contributed by atoms with Crippen LogP contribution in [0.15, 0.2) is 185 Å². The average Bonchev–Trinajstić information content (AvgIpc) is 3.44. The first-order valence-corrected chi connectivity index (χ1v) is 32.0. The van der Waals surface area contributed by atoms with Crippen molar-refractivity contribution in [1.29, 1.82) is 0 Å². The van der Waals surface area contributed by atoms with Crippen LogP contribution in [0.1, 0.15) is 311 Å². The van der Waals surface area contributed by atoms with Gasteiger partial charge >= 0.3 is 0 Å². The summed E-state index contributed by atoms with van der Waals surface area (Å²) < 4.78 is 0. The number of unbranched alkanes of at least 4 members (excludes halogenated alkanes) is 21. The Balaban J connectivity index is -0.0000000609. The van der Waals surface area contributed by atoms with Crippen LogP contribution < -0.4 is 0 Å². The molecule has 456 valence electrons. The zero-order chi connectivity index (χ0) is 61.5. The van der Waals surface area contributed by atoms with Gasteiger partial charge in [0.05, 0.1) is 0 Å². The SMILES string of the molecule is C=C/C=C/C.C=C/C=C/C=C/C.C=C/C=C/C=C/C=C/C.C=C/C=C/C=C/C=C/C=C/C.C=CC.CCC.CCCC.CCCCC.CCCCCC.CCCCCCC.CCCCCCCC.CCCCCCCCC. The molecular formula is C77H148. The van der Waals surface area contributed by atoms with E-state index in [2.05, 4.69) is 130 Å². The van der Waals surface area contributed by atoms with Gasteiger partial charge in [0.15, 0.2) is 0 Å². The summed E-state index contributed by atoms with van der Waals surface area (Å²) in [6.07, 6.45) is 86.7. The van der Waals surface area contributed by atoms with E-state index in [1.165, 1.54) is 180 Å². The van der Waals surface area contributed by atoms with E-state index < -0.39 is 0 Å². The Morgan fingerprint density at radius 1 is 0.182 bits per heavy atom. The third kappa shape index (κ3) is 257. The highest BCUT2D eigenvalue weighted by molar-refractivity contribution is 5.17. The Bertz CT molecular complexity index is 1140. The predicted octanol–water partition coefficient (Wildman–Crippen LogP) is 29.6. The van der Waals surface area contributed by atoms with Crippen LogP contribution in [0, 0.1) is 0 Å². The molecule has 0 saturated carbocycles. The van der Waals surface area contributed by atoms with Crippen LogP contribution in [0.3, 0.4) is 0 Å². The Morgan fingerprint density at radius 2 is 0.325 bits per heavy atom. The predicted molar refractivity (Wildman–Crippen MR) is 379 cm³/mol. The van der Waals surface area contributed by atoms with Gasteiger partial charge < -0.3 is 0 Å². The molecular weight excluding hydrogens is 925 g/mol. The minimum atomic E-state index is 1.25. The van der Waals surface area contributed by atoms with Gasteiger partial charge in [-0.3, -0.25) is 0 Å². The number of hydrogen-bond donors (Lipinski definition) is 0. The van der Waals surface area contributed by atoms with Gasteiger partial charge in [-0.1, -0.05) is 455 Å². The highest BCUT2D eigenvalue weighted by Crippen LogP contribution is 2.06. The molecule has 0 nitrogen and oxygen atoms in total. The first kappa shape index (κ1) is 102. The van der Waals surface area contributed by atoms with Gasteiger partial charge in [0, 0.05) is 0 Å². The molecule has 0 heterocycles. The van der Waals surface area contributed by atoms with E-state index in [9.17, 15) is 0 Å². The lowest BCUT2D eigenvalue weighted by molar-refractivity contribution is 0.602. The Kier molecular flexibility index (Phi) is 200. The van der Waals surface area contributed by atoms with Crippen LogP contribution in [0.4, 0.5) is 0 Å². The molecule has 77 heavy (non-hydrogen) atoms. The van der Waals surface area contributed by atoms with Gasteiger partial charge in [0.1, 0.15) is 0 Å². The first-order chi connectivity index (χ1) is 37.5. The van der Waals surface area contributed by atoms with E-state index in [4.69, 9.17) is 0 Å². The van der Waals surface area contributed by atoms with Crippen molar-refractivity contribution < 1.29 is 0 Å². The molecule has 0 saturated heterocycles. The first-order valence-electron chi connectivity index (χ1n) is 32.0. The summed E-state index contributed by atoms with van der Waals surface area (Å²) in [6.45, 7) is 58.3. The molecule has 0 atom stereocenters. The second-order valence-corrected chi connectivity index (χ2v) is 17.8. The highest BCUT2D eigenvalue weighted by Gasteiger charge is 1.86. The summed E-state index contributed by atoms with van der Waals surface area (Å²) in [5.41, 5.74) is 0. The van der Waals surface area contributed by atoms with Crippen LogP contribution in [-0.2, 0) is 0 Å². The topological polar surface area (TPSA) is 0 Å². The lowest BCUT2D eigenvalue weighted by atomic mass is 10.1. The minimum absolute atomic E-state index is 1.25. The van der Waals surface area contributed by atoms with Crippen molar-refractivity contribution in [2.75, 3.05) is 0 Å². The largest absolute Gasteiger partial charge is 0.103 e. The molecule has 0 N–H and O–H groups in total. The maximum absolute atomic E-state index is 3.56. The monoisotopic (exact) mass is 1070 g/mol. The zero-order valence-electron chi connectivity index (χ0n) is 56.8. The van der Waals surface area contributed by atoms with E-state index in [1.807, 2.05) is 156 Å². The molecule has 0 unspecified atom stereocenters. The molecule has 0 bridgehead atoms. The van der Waals surface area contributed by atoms with Crippen molar-refractivity contribution in [2.45, 2.75) is 311 Å². The standard InChI is InChI=1S/C11H14.C9H20.C9H12.C8H18.C7H16.C7H10.C6H14.C5H12.C5H8.C4H10.C3H8.C3H6/c1-3-5-7-9-11-10-8-6-4-2;2*1-3-5-7-9-8-6-4-2;1-3-5-7-8-6-4-2;2*1-3-5-7-6-4-2;1-3-5-6-4-2;2*1-3-5-4-2;1-3-4-2;2*1-3-2/h3-11H,1H2,2H3;3-9H2,1-2H3;3-9H,1H2,2H3;3-8H2,1-2H3;3-7H2,1-2H3;3-7H,1H2,2H3;3-6H2,1-2H3;3-5H2,1-2H3;3-5H,1H2,2H3;3-4H2,1-2H3;3H2,1-2H3;3H,1H2,2H3/b6-4+,7-5+,10-8+,11-9+;;6-4+,7-5+,9-8+;;;6-4+,7-5+;;;5-4+;;;. The fourth-order valence-corrected chi connectivity index (χ4v) is 4.70. The number of rotatable bonds is 31. The summed E-state index contributed by atoms with van der Waals surface area (Å²) in [6, 6.07) is 0. The van der Waals surface area contributed by atoms with Crippen LogP contribution in [0.5, 0.6) is 0 Å². The van der Waals surface area contributed by atoms with Gasteiger partial charge in [0.25, 0.3) is 0 Å². The van der Waals surface area contributed by atoms with E-state index in [-0.39, 0.29) is 0 Å². The van der Waals surface area contributed by atoms with Crippen LogP contribution in [0.2, 0.25) is 0 Å². The van der Waals surface area contributed by atoms with Gasteiger partial charge in [0.2, 0.25) is 0 Å². The van der Waals surface area contributed by atoms with Crippen LogP contribution >= 0.6 is 0 Å². The highest BCUT2D eigenvalue weighted by atomic mass is 13.9. The molecule has 0 aromatic carbocycles. The fourth-order valence-electron chi connectivity index (χ4n) is 4.70. The van der Waals surface area contributed by atoms with Gasteiger partial charge in [-0.25, -0.2) is 0 Å². The van der Waals surface area contributed by atoms with E-state index in [0.717, 1.165) is 0 Å². The molecule has 0 aromatic heterocycles. The number of allylic oxidation sites excluding steroid dienone is 25. The molecule has 0 aliphatic carbocycles. The molecule has 0 aliphatic heterocycles. The quantitative estimate of drug-likeness (QED) is 0.0369. The van der Waals surface area contributed by atoms with Crippen molar-refractivity contribution in [2.24, 2.45) is 0 Å². The van der Waals surface area contributed by atoms with Gasteiger partial charge in [-0.15, -0.1) is 6.58 Å².